The minimum Gasteiger partial charge on any atom is -0.458 e. The van der Waals surface area contributed by atoms with E-state index in [9.17, 15) is 4.79 Å². The van der Waals surface area contributed by atoms with Gasteiger partial charge < -0.3 is 14.8 Å². The Bertz CT molecular complexity index is 374. The van der Waals surface area contributed by atoms with Gasteiger partial charge in [0.25, 0.3) is 0 Å². The smallest absolute Gasteiger partial charge is 0.309 e. The molecule has 1 aliphatic heterocycles. The Hall–Kier alpha value is -1.39. The third kappa shape index (κ3) is 3.82. The molecule has 0 aromatic heterocycles. The van der Waals surface area contributed by atoms with E-state index < -0.39 is 0 Å². The molecule has 1 aliphatic rings. The molecular weight excluding hydrogens is 230 g/mol. The first kappa shape index (κ1) is 13.1. The van der Waals surface area contributed by atoms with Crippen LogP contribution in [0.1, 0.15) is 25.0 Å². The molecule has 18 heavy (non-hydrogen) atoms. The summed E-state index contributed by atoms with van der Waals surface area (Å²) in [5.41, 5.74) is 1.01. The molecule has 4 heteroatoms. The second-order valence-corrected chi connectivity index (χ2v) is 4.44. The summed E-state index contributed by atoms with van der Waals surface area (Å²) in [6.07, 6.45) is 0.0361. The Morgan fingerprint density at radius 1 is 1.50 bits per heavy atom. The molecule has 1 saturated heterocycles. The Labute approximate surface area is 107 Å². The lowest BCUT2D eigenvalue weighted by atomic mass is 10.1. The average molecular weight is 249 g/mol. The van der Waals surface area contributed by atoms with Crippen LogP contribution in [-0.4, -0.2) is 31.8 Å². The van der Waals surface area contributed by atoms with Gasteiger partial charge in [0.15, 0.2) is 0 Å². The number of ether oxygens (including phenoxy) is 2. The number of morpholine rings is 1. The molecule has 1 aromatic carbocycles. The SMILES string of the molecule is CC(OC(=O)CC1CNCCO1)c1ccccc1. The molecule has 0 amide bonds. The van der Waals surface area contributed by atoms with Crippen molar-refractivity contribution in [2.75, 3.05) is 19.7 Å². The number of rotatable bonds is 4. The molecular formula is C14H19NO3. The predicted octanol–water partition coefficient (Wildman–Crippen LogP) is 1.67. The van der Waals surface area contributed by atoms with Gasteiger partial charge in [-0.25, -0.2) is 0 Å². The van der Waals surface area contributed by atoms with E-state index in [-0.39, 0.29) is 18.2 Å². The lowest BCUT2D eigenvalue weighted by Crippen LogP contribution is -2.39. The zero-order valence-corrected chi connectivity index (χ0v) is 10.6. The van der Waals surface area contributed by atoms with Crippen molar-refractivity contribution in [1.29, 1.82) is 0 Å². The number of hydrogen-bond donors (Lipinski definition) is 1. The second-order valence-electron chi connectivity index (χ2n) is 4.44. The third-order valence-corrected chi connectivity index (χ3v) is 2.98. The maximum atomic E-state index is 11.8. The molecule has 98 valence electrons. The fourth-order valence-electron chi connectivity index (χ4n) is 1.97. The predicted molar refractivity (Wildman–Crippen MR) is 68.2 cm³/mol. The Morgan fingerprint density at radius 3 is 2.94 bits per heavy atom. The van der Waals surface area contributed by atoms with Crippen LogP contribution in [-0.2, 0) is 14.3 Å². The first-order valence-electron chi connectivity index (χ1n) is 6.32. The molecule has 0 aliphatic carbocycles. The quantitative estimate of drug-likeness (QED) is 0.825. The van der Waals surface area contributed by atoms with Crippen molar-refractivity contribution in [3.63, 3.8) is 0 Å². The highest BCUT2D eigenvalue weighted by atomic mass is 16.5. The minimum atomic E-state index is -0.213. The van der Waals surface area contributed by atoms with Crippen molar-refractivity contribution < 1.29 is 14.3 Å². The summed E-state index contributed by atoms with van der Waals surface area (Å²) in [6, 6.07) is 9.73. The number of carbonyl (C=O) groups excluding carboxylic acids is 1. The van der Waals surface area contributed by atoms with Crippen LogP contribution >= 0.6 is 0 Å². The number of carbonyl (C=O) groups is 1. The molecule has 0 bridgehead atoms. The molecule has 0 spiro atoms. The Balaban J connectivity index is 1.80. The molecule has 1 aromatic rings. The van der Waals surface area contributed by atoms with Crippen LogP contribution < -0.4 is 5.32 Å². The van der Waals surface area contributed by atoms with Gasteiger partial charge in [-0.15, -0.1) is 0 Å². The maximum absolute atomic E-state index is 11.8. The molecule has 1 fully saturated rings. The Morgan fingerprint density at radius 2 is 2.28 bits per heavy atom. The molecule has 1 N–H and O–H groups in total. The van der Waals surface area contributed by atoms with Gasteiger partial charge in [0.1, 0.15) is 6.10 Å². The van der Waals surface area contributed by atoms with E-state index in [0.29, 0.717) is 13.0 Å². The third-order valence-electron chi connectivity index (χ3n) is 2.98. The van der Waals surface area contributed by atoms with Gasteiger partial charge in [0.2, 0.25) is 0 Å². The zero-order chi connectivity index (χ0) is 12.8. The first-order chi connectivity index (χ1) is 8.75. The highest BCUT2D eigenvalue weighted by molar-refractivity contribution is 5.70. The van der Waals surface area contributed by atoms with E-state index >= 15 is 0 Å². The number of benzene rings is 1. The van der Waals surface area contributed by atoms with E-state index in [1.54, 1.807) is 0 Å². The molecule has 4 nitrogen and oxygen atoms in total. The van der Waals surface area contributed by atoms with E-state index in [0.717, 1.165) is 18.7 Å². The molecule has 0 saturated carbocycles. The van der Waals surface area contributed by atoms with E-state index in [4.69, 9.17) is 9.47 Å². The van der Waals surface area contributed by atoms with Crippen LogP contribution in [0.3, 0.4) is 0 Å². The summed E-state index contributed by atoms with van der Waals surface area (Å²) in [4.78, 5) is 11.8. The average Bonchev–Trinajstić information content (AvgIpc) is 2.40. The molecule has 0 radical (unpaired) electrons. The fraction of sp³-hybridized carbons (Fsp3) is 0.500. The normalized spacial score (nSPS) is 21.3. The van der Waals surface area contributed by atoms with Gasteiger partial charge in [0, 0.05) is 13.1 Å². The molecule has 1 heterocycles. The van der Waals surface area contributed by atoms with Crippen molar-refractivity contribution >= 4 is 5.97 Å². The maximum Gasteiger partial charge on any atom is 0.309 e. The van der Waals surface area contributed by atoms with Crippen LogP contribution in [0.5, 0.6) is 0 Å². The standard InChI is InChI=1S/C14H19NO3/c1-11(12-5-3-2-4-6-12)18-14(16)9-13-10-15-7-8-17-13/h2-6,11,13,15H,7-10H2,1H3. The van der Waals surface area contributed by atoms with Gasteiger partial charge in [-0.3, -0.25) is 4.79 Å². The van der Waals surface area contributed by atoms with Gasteiger partial charge in [-0.1, -0.05) is 30.3 Å². The number of hydrogen-bond acceptors (Lipinski definition) is 4. The van der Waals surface area contributed by atoms with Crippen LogP contribution in [0.4, 0.5) is 0 Å². The summed E-state index contributed by atoms with van der Waals surface area (Å²) in [7, 11) is 0. The van der Waals surface area contributed by atoms with Crippen molar-refractivity contribution in [2.45, 2.75) is 25.6 Å². The molecule has 2 atom stereocenters. The van der Waals surface area contributed by atoms with Crippen LogP contribution in [0.15, 0.2) is 30.3 Å². The summed E-state index contributed by atoms with van der Waals surface area (Å²) in [6.45, 7) is 4.11. The van der Waals surface area contributed by atoms with Crippen LogP contribution in [0, 0.1) is 0 Å². The Kier molecular flexibility index (Phi) is 4.73. The van der Waals surface area contributed by atoms with Crippen LogP contribution in [0.2, 0.25) is 0 Å². The minimum absolute atomic E-state index is 0.0609. The lowest BCUT2D eigenvalue weighted by molar-refractivity contribution is -0.152. The highest BCUT2D eigenvalue weighted by Gasteiger charge is 2.20. The van der Waals surface area contributed by atoms with Crippen molar-refractivity contribution in [2.24, 2.45) is 0 Å². The van der Waals surface area contributed by atoms with Crippen LogP contribution in [0.25, 0.3) is 0 Å². The lowest BCUT2D eigenvalue weighted by Gasteiger charge is -2.23. The highest BCUT2D eigenvalue weighted by Crippen LogP contribution is 2.17. The van der Waals surface area contributed by atoms with Crippen molar-refractivity contribution in [3.05, 3.63) is 35.9 Å². The van der Waals surface area contributed by atoms with Gasteiger partial charge in [-0.05, 0) is 12.5 Å². The second kappa shape index (κ2) is 6.52. The fourth-order valence-corrected chi connectivity index (χ4v) is 1.97. The van der Waals surface area contributed by atoms with E-state index in [1.807, 2.05) is 37.3 Å². The summed E-state index contributed by atoms with van der Waals surface area (Å²) in [5, 5.41) is 3.19. The summed E-state index contributed by atoms with van der Waals surface area (Å²) < 4.78 is 10.9. The van der Waals surface area contributed by atoms with Gasteiger partial charge >= 0.3 is 5.97 Å². The largest absolute Gasteiger partial charge is 0.458 e. The zero-order valence-electron chi connectivity index (χ0n) is 10.6. The van der Waals surface area contributed by atoms with Crippen molar-refractivity contribution in [1.82, 2.24) is 5.32 Å². The van der Waals surface area contributed by atoms with E-state index in [1.165, 1.54) is 0 Å². The van der Waals surface area contributed by atoms with Crippen molar-refractivity contribution in [3.8, 4) is 0 Å². The number of esters is 1. The first-order valence-corrected chi connectivity index (χ1v) is 6.32. The topological polar surface area (TPSA) is 47.6 Å². The molecule has 2 unspecified atom stereocenters. The number of nitrogens with one attached hydrogen (secondary N) is 1. The monoisotopic (exact) mass is 249 g/mol. The van der Waals surface area contributed by atoms with Gasteiger partial charge in [0.05, 0.1) is 19.1 Å². The summed E-state index contributed by atoms with van der Waals surface area (Å²) >= 11 is 0. The summed E-state index contributed by atoms with van der Waals surface area (Å²) in [5.74, 6) is -0.208. The molecule has 2 rings (SSSR count). The van der Waals surface area contributed by atoms with E-state index in [2.05, 4.69) is 5.32 Å². The van der Waals surface area contributed by atoms with Gasteiger partial charge in [-0.2, -0.15) is 0 Å².